The maximum atomic E-state index is 12.0. The number of likely N-dealkylation sites (tertiary alicyclic amines) is 1. The molecule has 1 aliphatic rings. The lowest BCUT2D eigenvalue weighted by molar-refractivity contribution is 0.197. The van der Waals surface area contributed by atoms with Crippen LogP contribution in [0.15, 0.2) is 40.9 Å². The Morgan fingerprint density at radius 1 is 1.41 bits per heavy atom. The quantitative estimate of drug-likeness (QED) is 0.903. The molecular formula is C16H19N3O3. The van der Waals surface area contributed by atoms with Gasteiger partial charge in [-0.25, -0.2) is 9.78 Å². The first-order chi connectivity index (χ1) is 10.8. The van der Waals surface area contributed by atoms with E-state index < -0.39 is 0 Å². The molecule has 1 aromatic heterocycles. The zero-order valence-corrected chi connectivity index (χ0v) is 12.2. The second kappa shape index (κ2) is 6.62. The third kappa shape index (κ3) is 3.28. The molecule has 116 valence electrons. The number of aromatic nitrogens is 1. The van der Waals surface area contributed by atoms with E-state index in [1.54, 1.807) is 11.1 Å². The third-order valence-corrected chi connectivity index (χ3v) is 3.83. The van der Waals surface area contributed by atoms with E-state index in [4.69, 9.17) is 9.52 Å². The van der Waals surface area contributed by atoms with Crippen LogP contribution in [0.2, 0.25) is 0 Å². The number of carbonyl (C=O) groups is 1. The number of carbonyl (C=O) groups excluding carboxylic acids is 1. The van der Waals surface area contributed by atoms with E-state index in [1.807, 2.05) is 30.3 Å². The molecule has 6 nitrogen and oxygen atoms in total. The fourth-order valence-corrected chi connectivity index (χ4v) is 2.56. The molecule has 0 aliphatic carbocycles. The van der Waals surface area contributed by atoms with E-state index >= 15 is 0 Å². The first-order valence-electron chi connectivity index (χ1n) is 7.40. The zero-order chi connectivity index (χ0) is 15.4. The average Bonchev–Trinajstić information content (AvgIpc) is 3.22. The number of amides is 2. The lowest BCUT2D eigenvalue weighted by Gasteiger charge is -2.16. The van der Waals surface area contributed by atoms with Gasteiger partial charge < -0.3 is 19.7 Å². The summed E-state index contributed by atoms with van der Waals surface area (Å²) in [6.45, 7) is 1.66. The van der Waals surface area contributed by atoms with Crippen molar-refractivity contribution in [3.63, 3.8) is 0 Å². The van der Waals surface area contributed by atoms with Crippen LogP contribution < -0.4 is 5.32 Å². The number of aliphatic hydroxyl groups excluding tert-OH is 1. The highest BCUT2D eigenvalue weighted by Gasteiger charge is 2.25. The SMILES string of the molecule is O=C(NCc1ncc(-c2ccccc2)o1)N1CCC(CO)C1. The Balaban J connectivity index is 1.54. The van der Waals surface area contributed by atoms with Crippen molar-refractivity contribution in [3.8, 4) is 11.3 Å². The number of nitrogens with zero attached hydrogens (tertiary/aromatic N) is 2. The van der Waals surface area contributed by atoms with E-state index in [0.29, 0.717) is 24.7 Å². The number of aliphatic hydroxyl groups is 1. The summed E-state index contributed by atoms with van der Waals surface area (Å²) in [6, 6.07) is 9.56. The highest BCUT2D eigenvalue weighted by atomic mass is 16.4. The molecule has 3 rings (SSSR count). The standard InChI is InChI=1S/C16H19N3O3/c20-11-12-6-7-19(10-12)16(21)18-9-15-17-8-14(22-15)13-4-2-1-3-5-13/h1-5,8,12,20H,6-7,9-11H2,(H,18,21). The lowest BCUT2D eigenvalue weighted by atomic mass is 10.1. The normalized spacial score (nSPS) is 17.7. The Hall–Kier alpha value is -2.34. The molecule has 0 bridgehead atoms. The van der Waals surface area contributed by atoms with Crippen LogP contribution in [0.4, 0.5) is 4.79 Å². The topological polar surface area (TPSA) is 78.6 Å². The largest absolute Gasteiger partial charge is 0.439 e. The molecule has 2 aromatic rings. The van der Waals surface area contributed by atoms with Gasteiger partial charge in [0, 0.05) is 31.2 Å². The Labute approximate surface area is 128 Å². The number of rotatable bonds is 4. The van der Waals surface area contributed by atoms with Gasteiger partial charge in [-0.05, 0) is 6.42 Å². The molecule has 1 aromatic carbocycles. The first kappa shape index (κ1) is 14.6. The highest BCUT2D eigenvalue weighted by Crippen LogP contribution is 2.20. The van der Waals surface area contributed by atoms with Crippen LogP contribution in [-0.2, 0) is 6.54 Å². The summed E-state index contributed by atoms with van der Waals surface area (Å²) in [5.41, 5.74) is 0.956. The first-order valence-corrected chi connectivity index (χ1v) is 7.40. The highest BCUT2D eigenvalue weighted by molar-refractivity contribution is 5.74. The molecule has 1 aliphatic heterocycles. The summed E-state index contributed by atoms with van der Waals surface area (Å²) in [7, 11) is 0. The number of urea groups is 1. The molecule has 0 saturated carbocycles. The van der Waals surface area contributed by atoms with Gasteiger partial charge in [0.2, 0.25) is 5.89 Å². The van der Waals surface area contributed by atoms with Gasteiger partial charge >= 0.3 is 6.03 Å². The second-order valence-electron chi connectivity index (χ2n) is 5.43. The molecular weight excluding hydrogens is 282 g/mol. The molecule has 0 spiro atoms. The molecule has 1 fully saturated rings. The molecule has 2 amide bonds. The van der Waals surface area contributed by atoms with Crippen molar-refractivity contribution in [1.29, 1.82) is 0 Å². The summed E-state index contributed by atoms with van der Waals surface area (Å²) in [5.74, 6) is 1.36. The smallest absolute Gasteiger partial charge is 0.317 e. The van der Waals surface area contributed by atoms with Crippen molar-refractivity contribution in [2.75, 3.05) is 19.7 Å². The zero-order valence-electron chi connectivity index (χ0n) is 12.2. The fraction of sp³-hybridized carbons (Fsp3) is 0.375. The van der Waals surface area contributed by atoms with Crippen molar-refractivity contribution < 1.29 is 14.3 Å². The summed E-state index contributed by atoms with van der Waals surface area (Å²) in [5, 5.41) is 11.9. The minimum atomic E-state index is -0.143. The molecule has 1 saturated heterocycles. The summed E-state index contributed by atoms with van der Waals surface area (Å²) < 4.78 is 5.64. The van der Waals surface area contributed by atoms with Gasteiger partial charge in [0.05, 0.1) is 12.7 Å². The molecule has 1 unspecified atom stereocenters. The van der Waals surface area contributed by atoms with E-state index in [1.165, 1.54) is 0 Å². The van der Waals surface area contributed by atoms with Crippen LogP contribution in [0.25, 0.3) is 11.3 Å². The Bertz CT molecular complexity index is 627. The maximum absolute atomic E-state index is 12.0. The fourth-order valence-electron chi connectivity index (χ4n) is 2.56. The molecule has 6 heteroatoms. The van der Waals surface area contributed by atoms with Gasteiger partial charge in [0.25, 0.3) is 0 Å². The number of hydrogen-bond acceptors (Lipinski definition) is 4. The van der Waals surface area contributed by atoms with Gasteiger partial charge in [-0.15, -0.1) is 0 Å². The monoisotopic (exact) mass is 301 g/mol. The van der Waals surface area contributed by atoms with Crippen molar-refractivity contribution in [3.05, 3.63) is 42.4 Å². The number of oxazole rings is 1. The number of hydrogen-bond donors (Lipinski definition) is 2. The number of benzene rings is 1. The van der Waals surface area contributed by atoms with Gasteiger partial charge in [-0.1, -0.05) is 30.3 Å². The van der Waals surface area contributed by atoms with Gasteiger partial charge in [0.1, 0.15) is 0 Å². The predicted octanol–water partition coefficient (Wildman–Crippen LogP) is 1.87. The van der Waals surface area contributed by atoms with Crippen LogP contribution in [0.1, 0.15) is 12.3 Å². The minimum Gasteiger partial charge on any atom is -0.439 e. The van der Waals surface area contributed by atoms with Crippen molar-refractivity contribution in [2.45, 2.75) is 13.0 Å². The predicted molar refractivity (Wildman–Crippen MR) is 80.9 cm³/mol. The Morgan fingerprint density at radius 2 is 2.23 bits per heavy atom. The Kier molecular flexibility index (Phi) is 4.39. The second-order valence-corrected chi connectivity index (χ2v) is 5.43. The third-order valence-electron chi connectivity index (χ3n) is 3.83. The van der Waals surface area contributed by atoms with Crippen LogP contribution in [-0.4, -0.2) is 40.7 Å². The van der Waals surface area contributed by atoms with Gasteiger partial charge in [-0.2, -0.15) is 0 Å². The van der Waals surface area contributed by atoms with Crippen molar-refractivity contribution in [2.24, 2.45) is 5.92 Å². The van der Waals surface area contributed by atoms with E-state index in [9.17, 15) is 4.79 Å². The maximum Gasteiger partial charge on any atom is 0.317 e. The van der Waals surface area contributed by atoms with Crippen molar-refractivity contribution in [1.82, 2.24) is 15.2 Å². The van der Waals surface area contributed by atoms with E-state index in [2.05, 4.69) is 10.3 Å². The Morgan fingerprint density at radius 3 is 2.95 bits per heavy atom. The van der Waals surface area contributed by atoms with Gasteiger partial charge in [-0.3, -0.25) is 0 Å². The van der Waals surface area contributed by atoms with Crippen LogP contribution in [0.5, 0.6) is 0 Å². The van der Waals surface area contributed by atoms with Gasteiger partial charge in [0.15, 0.2) is 5.76 Å². The molecule has 1 atom stereocenters. The van der Waals surface area contributed by atoms with Crippen molar-refractivity contribution >= 4 is 6.03 Å². The van der Waals surface area contributed by atoms with E-state index in [0.717, 1.165) is 12.0 Å². The average molecular weight is 301 g/mol. The van der Waals surface area contributed by atoms with E-state index in [-0.39, 0.29) is 25.1 Å². The lowest BCUT2D eigenvalue weighted by Crippen LogP contribution is -2.38. The molecule has 2 heterocycles. The summed E-state index contributed by atoms with van der Waals surface area (Å²) in [4.78, 5) is 17.9. The molecule has 2 N–H and O–H groups in total. The van der Waals surface area contributed by atoms with Crippen LogP contribution in [0, 0.1) is 5.92 Å². The summed E-state index contributed by atoms with van der Waals surface area (Å²) >= 11 is 0. The minimum absolute atomic E-state index is 0.129. The molecule has 0 radical (unpaired) electrons. The van der Waals surface area contributed by atoms with Crippen LogP contribution in [0.3, 0.4) is 0 Å². The molecule has 22 heavy (non-hydrogen) atoms. The van der Waals surface area contributed by atoms with Crippen LogP contribution >= 0.6 is 0 Å². The summed E-state index contributed by atoms with van der Waals surface area (Å²) in [6.07, 6.45) is 2.51. The number of nitrogens with one attached hydrogen (secondary N) is 1.